The molecule has 1 amide bonds. The van der Waals surface area contributed by atoms with Gasteiger partial charge in [-0.3, -0.25) is 4.79 Å². The van der Waals surface area contributed by atoms with Gasteiger partial charge in [-0.25, -0.2) is 4.98 Å². The van der Waals surface area contributed by atoms with Gasteiger partial charge in [-0.1, -0.05) is 19.9 Å². The van der Waals surface area contributed by atoms with Crippen molar-refractivity contribution in [3.05, 3.63) is 23.9 Å². The number of nitrogens with zero attached hydrogens (tertiary/aromatic N) is 1. The molecule has 0 spiro atoms. The van der Waals surface area contributed by atoms with Crippen LogP contribution >= 0.6 is 0 Å². The summed E-state index contributed by atoms with van der Waals surface area (Å²) < 4.78 is 37.2. The van der Waals surface area contributed by atoms with Crippen molar-refractivity contribution in [1.82, 2.24) is 10.3 Å². The van der Waals surface area contributed by atoms with Gasteiger partial charge in [0, 0.05) is 6.54 Å². The first-order valence-corrected chi connectivity index (χ1v) is 5.84. The summed E-state index contributed by atoms with van der Waals surface area (Å²) in [4.78, 5) is 14.8. The molecule has 1 rings (SSSR count). The van der Waals surface area contributed by atoms with Crippen LogP contribution in [-0.4, -0.2) is 24.0 Å². The van der Waals surface area contributed by atoms with E-state index in [1.165, 1.54) is 12.1 Å². The maximum absolute atomic E-state index is 12.4. The van der Waals surface area contributed by atoms with E-state index in [2.05, 4.69) is 15.6 Å². The average molecular weight is 275 g/mol. The van der Waals surface area contributed by atoms with Crippen LogP contribution in [0.15, 0.2) is 18.2 Å². The lowest BCUT2D eigenvalue weighted by Gasteiger charge is -2.10. The summed E-state index contributed by atoms with van der Waals surface area (Å²) in [5.74, 6) is 0.0538. The molecule has 0 saturated carbocycles. The number of alkyl halides is 3. The first-order valence-electron chi connectivity index (χ1n) is 5.84. The Morgan fingerprint density at radius 1 is 1.37 bits per heavy atom. The molecule has 0 saturated heterocycles. The third kappa shape index (κ3) is 5.58. The maximum Gasteiger partial charge on any atom is 0.433 e. The van der Waals surface area contributed by atoms with Crippen molar-refractivity contribution in [2.24, 2.45) is 5.92 Å². The van der Waals surface area contributed by atoms with Crippen LogP contribution in [0.3, 0.4) is 0 Å². The number of nitrogens with one attached hydrogen (secondary N) is 2. The highest BCUT2D eigenvalue weighted by atomic mass is 19.4. The number of rotatable bonds is 5. The fourth-order valence-electron chi connectivity index (χ4n) is 1.24. The lowest BCUT2D eigenvalue weighted by Crippen LogP contribution is -2.32. The minimum atomic E-state index is -4.49. The molecular formula is C12H16F3N3O. The van der Waals surface area contributed by atoms with E-state index in [1.54, 1.807) is 0 Å². The van der Waals surface area contributed by atoms with E-state index < -0.39 is 11.9 Å². The first-order chi connectivity index (χ1) is 8.79. The molecule has 1 aromatic rings. The van der Waals surface area contributed by atoms with E-state index >= 15 is 0 Å². The fourth-order valence-corrected chi connectivity index (χ4v) is 1.24. The van der Waals surface area contributed by atoms with Crippen LogP contribution in [0.2, 0.25) is 0 Å². The van der Waals surface area contributed by atoms with Crippen LogP contribution in [0.1, 0.15) is 19.5 Å². The highest BCUT2D eigenvalue weighted by Crippen LogP contribution is 2.27. The van der Waals surface area contributed by atoms with Gasteiger partial charge in [0.1, 0.15) is 11.5 Å². The third-order valence-electron chi connectivity index (χ3n) is 2.18. The van der Waals surface area contributed by atoms with Crippen LogP contribution < -0.4 is 10.6 Å². The second kappa shape index (κ2) is 6.40. The van der Waals surface area contributed by atoms with E-state index in [9.17, 15) is 18.0 Å². The van der Waals surface area contributed by atoms with Crippen molar-refractivity contribution < 1.29 is 18.0 Å². The topological polar surface area (TPSA) is 54.0 Å². The molecule has 19 heavy (non-hydrogen) atoms. The largest absolute Gasteiger partial charge is 0.433 e. The van der Waals surface area contributed by atoms with Crippen molar-refractivity contribution >= 4 is 11.7 Å². The number of amides is 1. The van der Waals surface area contributed by atoms with Gasteiger partial charge in [0.15, 0.2) is 0 Å². The monoisotopic (exact) mass is 275 g/mol. The van der Waals surface area contributed by atoms with Gasteiger partial charge in [-0.2, -0.15) is 13.2 Å². The molecule has 0 radical (unpaired) electrons. The molecule has 2 N–H and O–H groups in total. The minimum absolute atomic E-state index is 0.0227. The number of pyridine rings is 1. The first kappa shape index (κ1) is 15.3. The normalized spacial score (nSPS) is 11.5. The van der Waals surface area contributed by atoms with Crippen LogP contribution in [-0.2, 0) is 11.0 Å². The van der Waals surface area contributed by atoms with Gasteiger partial charge >= 0.3 is 6.18 Å². The summed E-state index contributed by atoms with van der Waals surface area (Å²) in [6, 6.07) is 3.50. The van der Waals surface area contributed by atoms with Gasteiger partial charge in [-0.05, 0) is 18.1 Å². The van der Waals surface area contributed by atoms with Gasteiger partial charge in [0.25, 0.3) is 0 Å². The second-order valence-corrected chi connectivity index (χ2v) is 4.46. The average Bonchev–Trinajstić information content (AvgIpc) is 2.33. The Hall–Kier alpha value is -1.79. The Labute approximate surface area is 109 Å². The van der Waals surface area contributed by atoms with Crippen LogP contribution in [0.25, 0.3) is 0 Å². The molecule has 0 aliphatic heterocycles. The number of hydrogen-bond acceptors (Lipinski definition) is 3. The molecule has 4 nitrogen and oxygen atoms in total. The van der Waals surface area contributed by atoms with Crippen LogP contribution in [0, 0.1) is 5.92 Å². The summed E-state index contributed by atoms with van der Waals surface area (Å²) >= 11 is 0. The van der Waals surface area contributed by atoms with E-state index in [0.717, 1.165) is 6.07 Å². The number of hydrogen-bond donors (Lipinski definition) is 2. The molecule has 0 aromatic carbocycles. The molecule has 0 fully saturated rings. The summed E-state index contributed by atoms with van der Waals surface area (Å²) in [6.45, 7) is 4.31. The minimum Gasteiger partial charge on any atom is -0.361 e. The number of anilines is 1. The smallest absolute Gasteiger partial charge is 0.361 e. The molecular weight excluding hydrogens is 259 g/mol. The number of carbonyl (C=O) groups is 1. The summed E-state index contributed by atoms with van der Waals surface area (Å²) in [5, 5.41) is 5.20. The molecule has 7 heteroatoms. The third-order valence-corrected chi connectivity index (χ3v) is 2.18. The highest BCUT2D eigenvalue weighted by Gasteiger charge is 2.32. The number of aromatic nitrogens is 1. The van der Waals surface area contributed by atoms with Crippen molar-refractivity contribution in [1.29, 1.82) is 0 Å². The zero-order valence-electron chi connectivity index (χ0n) is 10.7. The number of carbonyl (C=O) groups excluding carboxylic acids is 1. The van der Waals surface area contributed by atoms with Gasteiger partial charge < -0.3 is 10.6 Å². The van der Waals surface area contributed by atoms with E-state index in [0.29, 0.717) is 12.5 Å². The van der Waals surface area contributed by atoms with Crippen molar-refractivity contribution in [3.63, 3.8) is 0 Å². The molecule has 0 aliphatic rings. The van der Waals surface area contributed by atoms with Crippen molar-refractivity contribution in [2.75, 3.05) is 18.4 Å². The Kier molecular flexibility index (Phi) is 5.14. The van der Waals surface area contributed by atoms with Gasteiger partial charge in [0.2, 0.25) is 5.91 Å². The maximum atomic E-state index is 12.4. The quantitative estimate of drug-likeness (QED) is 0.867. The van der Waals surface area contributed by atoms with Crippen molar-refractivity contribution in [3.8, 4) is 0 Å². The summed E-state index contributed by atoms with van der Waals surface area (Å²) in [7, 11) is 0. The van der Waals surface area contributed by atoms with Crippen LogP contribution in [0.5, 0.6) is 0 Å². The Morgan fingerprint density at radius 3 is 2.63 bits per heavy atom. The number of halogens is 3. The van der Waals surface area contributed by atoms with E-state index in [-0.39, 0.29) is 18.3 Å². The van der Waals surface area contributed by atoms with Crippen molar-refractivity contribution in [2.45, 2.75) is 20.0 Å². The molecule has 106 valence electrons. The summed E-state index contributed by atoms with van der Waals surface area (Å²) in [5.41, 5.74) is -0.986. The molecule has 0 bridgehead atoms. The molecule has 0 atom stereocenters. The predicted molar refractivity (Wildman–Crippen MR) is 65.6 cm³/mol. The molecule has 0 unspecified atom stereocenters. The molecule has 0 aliphatic carbocycles. The predicted octanol–water partition coefficient (Wildman–Crippen LogP) is 2.28. The molecule has 1 aromatic heterocycles. The molecule has 1 heterocycles. The lowest BCUT2D eigenvalue weighted by atomic mass is 10.2. The van der Waals surface area contributed by atoms with Gasteiger partial charge in [-0.15, -0.1) is 0 Å². The van der Waals surface area contributed by atoms with E-state index in [1.807, 2.05) is 13.8 Å². The van der Waals surface area contributed by atoms with Gasteiger partial charge in [0.05, 0.1) is 6.54 Å². The Balaban J connectivity index is 2.52. The SMILES string of the molecule is CC(C)CNC(=O)CNc1cccc(C(F)(F)F)n1. The van der Waals surface area contributed by atoms with E-state index in [4.69, 9.17) is 0 Å². The van der Waals surface area contributed by atoms with Crippen LogP contribution in [0.4, 0.5) is 19.0 Å². The fraction of sp³-hybridized carbons (Fsp3) is 0.500. The zero-order chi connectivity index (χ0) is 14.5. The highest BCUT2D eigenvalue weighted by molar-refractivity contribution is 5.80. The standard InChI is InChI=1S/C12H16F3N3O/c1-8(2)6-17-11(19)7-16-10-5-3-4-9(18-10)12(13,14)15/h3-5,8H,6-7H2,1-2H3,(H,16,18)(H,17,19). The lowest BCUT2D eigenvalue weighted by molar-refractivity contribution is -0.141. The zero-order valence-corrected chi connectivity index (χ0v) is 10.7. The second-order valence-electron chi connectivity index (χ2n) is 4.46. The Bertz CT molecular complexity index is 432. The summed E-state index contributed by atoms with van der Waals surface area (Å²) in [6.07, 6.45) is -4.49. The Morgan fingerprint density at radius 2 is 2.05 bits per heavy atom.